The number of guanidine groups is 1. The minimum atomic E-state index is 0.733. The summed E-state index contributed by atoms with van der Waals surface area (Å²) in [5.74, 6) is 3.43. The number of nitrogens with zero attached hydrogens (tertiary/aromatic N) is 3. The lowest BCUT2D eigenvalue weighted by Crippen LogP contribution is -2.48. The summed E-state index contributed by atoms with van der Waals surface area (Å²) in [7, 11) is 2.23. The second kappa shape index (κ2) is 8.02. The van der Waals surface area contributed by atoms with E-state index in [2.05, 4.69) is 42.9 Å². The van der Waals surface area contributed by atoms with Crippen LogP contribution in [0.4, 0.5) is 0 Å². The van der Waals surface area contributed by atoms with Crippen molar-refractivity contribution in [3.8, 4) is 0 Å². The highest BCUT2D eigenvalue weighted by Crippen LogP contribution is 2.21. The van der Waals surface area contributed by atoms with Crippen molar-refractivity contribution in [3.63, 3.8) is 0 Å². The summed E-state index contributed by atoms with van der Waals surface area (Å²) in [6, 6.07) is 0. The molecule has 4 heteroatoms. The lowest BCUT2D eigenvalue weighted by molar-refractivity contribution is 0.203. The number of hydrogen-bond acceptors (Lipinski definition) is 2. The van der Waals surface area contributed by atoms with Gasteiger partial charge < -0.3 is 15.1 Å². The van der Waals surface area contributed by atoms with Crippen molar-refractivity contribution in [1.82, 2.24) is 15.1 Å². The Bertz CT molecular complexity index is 332. The largest absolute Gasteiger partial charge is 0.357 e. The molecule has 0 bridgehead atoms. The van der Waals surface area contributed by atoms with Crippen molar-refractivity contribution in [2.45, 2.75) is 40.0 Å². The average molecular weight is 294 g/mol. The van der Waals surface area contributed by atoms with E-state index < -0.39 is 0 Å². The predicted molar refractivity (Wildman–Crippen MR) is 90.7 cm³/mol. The fraction of sp³-hybridized carbons (Fsp3) is 0.941. The molecular weight excluding hydrogens is 260 g/mol. The Hall–Kier alpha value is -0.770. The number of aliphatic imine (C=N–C) groups is 1. The normalized spacial score (nSPS) is 32.3. The van der Waals surface area contributed by atoms with E-state index >= 15 is 0 Å². The zero-order valence-electron chi connectivity index (χ0n) is 14.4. The van der Waals surface area contributed by atoms with E-state index in [1.54, 1.807) is 0 Å². The first-order valence-corrected chi connectivity index (χ1v) is 8.80. The van der Waals surface area contributed by atoms with Crippen LogP contribution in [-0.4, -0.2) is 62.1 Å². The van der Waals surface area contributed by atoms with E-state index in [1.807, 2.05) is 0 Å². The van der Waals surface area contributed by atoms with E-state index in [-0.39, 0.29) is 0 Å². The van der Waals surface area contributed by atoms with E-state index in [0.717, 1.165) is 49.9 Å². The lowest BCUT2D eigenvalue weighted by Gasteiger charge is -2.37. The maximum Gasteiger partial charge on any atom is 0.193 e. The molecule has 1 N–H and O–H groups in total. The minimum absolute atomic E-state index is 0.733. The molecule has 21 heavy (non-hydrogen) atoms. The quantitative estimate of drug-likeness (QED) is 0.640. The third-order valence-corrected chi connectivity index (χ3v) is 4.72. The molecule has 0 aromatic heterocycles. The second-order valence-corrected chi connectivity index (χ2v) is 7.32. The van der Waals surface area contributed by atoms with E-state index in [9.17, 15) is 0 Å². The van der Waals surface area contributed by atoms with Gasteiger partial charge in [-0.2, -0.15) is 0 Å². The second-order valence-electron chi connectivity index (χ2n) is 7.32. The van der Waals surface area contributed by atoms with Gasteiger partial charge in [-0.05, 0) is 57.5 Å². The number of likely N-dealkylation sites (tertiary alicyclic amines) is 2. The third kappa shape index (κ3) is 5.17. The molecular formula is C17H34N4. The summed E-state index contributed by atoms with van der Waals surface area (Å²) in [5, 5.41) is 3.51. The fourth-order valence-corrected chi connectivity index (χ4v) is 3.90. The Kier molecular flexibility index (Phi) is 6.34. The summed E-state index contributed by atoms with van der Waals surface area (Å²) in [5.41, 5.74) is 0. The molecule has 122 valence electrons. The van der Waals surface area contributed by atoms with Crippen molar-refractivity contribution in [3.05, 3.63) is 0 Å². The first kappa shape index (κ1) is 16.6. The van der Waals surface area contributed by atoms with Gasteiger partial charge in [-0.15, -0.1) is 0 Å². The lowest BCUT2D eigenvalue weighted by atomic mass is 9.92. The molecule has 2 aliphatic heterocycles. The van der Waals surface area contributed by atoms with Crippen molar-refractivity contribution < 1.29 is 0 Å². The molecule has 3 unspecified atom stereocenters. The maximum atomic E-state index is 4.97. The van der Waals surface area contributed by atoms with Gasteiger partial charge >= 0.3 is 0 Å². The average Bonchev–Trinajstić information content (AvgIpc) is 2.42. The molecule has 0 aliphatic carbocycles. The molecule has 2 saturated heterocycles. The SMILES string of the molecule is CCNC(=NCC1CCCN(C)C1)N1CC(C)CC(C)C1. The predicted octanol–water partition coefficient (Wildman–Crippen LogP) is 2.27. The van der Waals surface area contributed by atoms with Crippen molar-refractivity contribution >= 4 is 5.96 Å². The van der Waals surface area contributed by atoms with Gasteiger partial charge in [0.1, 0.15) is 0 Å². The molecule has 2 rings (SSSR count). The van der Waals surface area contributed by atoms with Gasteiger partial charge in [-0.3, -0.25) is 4.99 Å². The highest BCUT2D eigenvalue weighted by atomic mass is 15.3. The molecule has 0 spiro atoms. The molecule has 0 radical (unpaired) electrons. The van der Waals surface area contributed by atoms with Crippen LogP contribution >= 0.6 is 0 Å². The van der Waals surface area contributed by atoms with Gasteiger partial charge in [-0.25, -0.2) is 0 Å². The van der Waals surface area contributed by atoms with Gasteiger partial charge in [0.15, 0.2) is 5.96 Å². The van der Waals surface area contributed by atoms with Gasteiger partial charge in [-0.1, -0.05) is 13.8 Å². The number of hydrogen-bond donors (Lipinski definition) is 1. The standard InChI is InChI=1S/C17H34N4/c1-5-18-17(21-11-14(2)9-15(3)12-21)19-10-16-7-6-8-20(4)13-16/h14-16H,5-13H2,1-4H3,(H,18,19). The first-order chi connectivity index (χ1) is 10.1. The minimum Gasteiger partial charge on any atom is -0.357 e. The number of rotatable bonds is 3. The Morgan fingerprint density at radius 1 is 1.19 bits per heavy atom. The summed E-state index contributed by atoms with van der Waals surface area (Å²) >= 11 is 0. The Balaban J connectivity index is 1.94. The Morgan fingerprint density at radius 3 is 2.52 bits per heavy atom. The van der Waals surface area contributed by atoms with Crippen LogP contribution < -0.4 is 5.32 Å². The highest BCUT2D eigenvalue weighted by Gasteiger charge is 2.24. The molecule has 4 nitrogen and oxygen atoms in total. The summed E-state index contributed by atoms with van der Waals surface area (Å²) in [4.78, 5) is 9.90. The molecule has 2 heterocycles. The number of nitrogens with one attached hydrogen (secondary N) is 1. The van der Waals surface area contributed by atoms with Gasteiger partial charge in [0.25, 0.3) is 0 Å². The van der Waals surface area contributed by atoms with Crippen LogP contribution in [0.2, 0.25) is 0 Å². The van der Waals surface area contributed by atoms with Crippen LogP contribution in [0.3, 0.4) is 0 Å². The summed E-state index contributed by atoms with van der Waals surface area (Å²) < 4.78 is 0. The van der Waals surface area contributed by atoms with Crippen LogP contribution in [0.1, 0.15) is 40.0 Å². The Labute approximate surface area is 131 Å². The third-order valence-electron chi connectivity index (χ3n) is 4.72. The van der Waals surface area contributed by atoms with E-state index in [0.29, 0.717) is 0 Å². The zero-order chi connectivity index (χ0) is 15.2. The molecule has 0 amide bonds. The highest BCUT2D eigenvalue weighted by molar-refractivity contribution is 5.80. The number of piperidine rings is 2. The Morgan fingerprint density at radius 2 is 1.90 bits per heavy atom. The zero-order valence-corrected chi connectivity index (χ0v) is 14.4. The molecule has 2 fully saturated rings. The maximum absolute atomic E-state index is 4.97. The molecule has 0 aromatic rings. The summed E-state index contributed by atoms with van der Waals surface area (Å²) in [6.07, 6.45) is 4.01. The smallest absolute Gasteiger partial charge is 0.193 e. The van der Waals surface area contributed by atoms with Gasteiger partial charge in [0, 0.05) is 32.7 Å². The molecule has 0 aromatic carbocycles. The fourth-order valence-electron chi connectivity index (χ4n) is 3.90. The first-order valence-electron chi connectivity index (χ1n) is 8.80. The molecule has 3 atom stereocenters. The molecule has 2 aliphatic rings. The summed E-state index contributed by atoms with van der Waals surface area (Å²) in [6.45, 7) is 13.6. The van der Waals surface area contributed by atoms with Crippen LogP contribution in [0.15, 0.2) is 4.99 Å². The van der Waals surface area contributed by atoms with E-state index in [4.69, 9.17) is 4.99 Å². The van der Waals surface area contributed by atoms with Crippen molar-refractivity contribution in [1.29, 1.82) is 0 Å². The monoisotopic (exact) mass is 294 g/mol. The van der Waals surface area contributed by atoms with Crippen molar-refractivity contribution in [2.75, 3.05) is 46.3 Å². The van der Waals surface area contributed by atoms with Crippen LogP contribution in [0, 0.1) is 17.8 Å². The van der Waals surface area contributed by atoms with Gasteiger partial charge in [0.05, 0.1) is 0 Å². The van der Waals surface area contributed by atoms with Crippen LogP contribution in [-0.2, 0) is 0 Å². The molecule has 0 saturated carbocycles. The van der Waals surface area contributed by atoms with Crippen molar-refractivity contribution in [2.24, 2.45) is 22.7 Å². The van der Waals surface area contributed by atoms with Crippen LogP contribution in [0.5, 0.6) is 0 Å². The van der Waals surface area contributed by atoms with Gasteiger partial charge in [0.2, 0.25) is 0 Å². The topological polar surface area (TPSA) is 30.9 Å². The van der Waals surface area contributed by atoms with Crippen LogP contribution in [0.25, 0.3) is 0 Å². The van der Waals surface area contributed by atoms with E-state index in [1.165, 1.54) is 32.4 Å².